The van der Waals surface area contributed by atoms with E-state index in [9.17, 15) is 19.7 Å². The van der Waals surface area contributed by atoms with Crippen LogP contribution in [0.15, 0.2) is 65.7 Å². The summed E-state index contributed by atoms with van der Waals surface area (Å²) >= 11 is 6.09. The van der Waals surface area contributed by atoms with E-state index in [4.69, 9.17) is 21.1 Å². The first kappa shape index (κ1) is 20.1. The maximum Gasteiger partial charge on any atom is 0.347 e. The summed E-state index contributed by atoms with van der Waals surface area (Å²) < 4.78 is 10.5. The van der Waals surface area contributed by atoms with Crippen molar-refractivity contribution in [2.45, 2.75) is 6.92 Å². The van der Waals surface area contributed by atoms with Crippen molar-refractivity contribution in [2.24, 2.45) is 0 Å². The number of nitro groups is 1. The Balaban J connectivity index is 1.99. The molecule has 0 fully saturated rings. The van der Waals surface area contributed by atoms with Gasteiger partial charge >= 0.3 is 5.97 Å². The van der Waals surface area contributed by atoms with E-state index >= 15 is 0 Å². The minimum atomic E-state index is -0.843. The minimum Gasteiger partial charge on any atom is -0.462 e. The summed E-state index contributed by atoms with van der Waals surface area (Å²) in [7, 11) is 0. The third-order valence-corrected chi connectivity index (χ3v) is 4.22. The molecule has 2 aromatic rings. The van der Waals surface area contributed by atoms with Crippen molar-refractivity contribution in [3.05, 3.63) is 86.4 Å². The number of rotatable bonds is 6. The van der Waals surface area contributed by atoms with Gasteiger partial charge in [0.2, 0.25) is 11.7 Å². The Bertz CT molecular complexity index is 1050. The summed E-state index contributed by atoms with van der Waals surface area (Å²) in [6, 6.07) is 12.6. The molecule has 0 saturated carbocycles. The highest BCUT2D eigenvalue weighted by Gasteiger charge is 2.37. The molecule has 8 nitrogen and oxygen atoms in total. The zero-order valence-electron chi connectivity index (χ0n) is 15.2. The van der Waals surface area contributed by atoms with Crippen molar-refractivity contribution >= 4 is 40.8 Å². The first-order valence-electron chi connectivity index (χ1n) is 8.52. The van der Waals surface area contributed by atoms with Gasteiger partial charge in [-0.15, -0.1) is 0 Å². The number of halogens is 1. The van der Waals surface area contributed by atoms with Crippen LogP contribution in [0.25, 0.3) is 6.08 Å². The van der Waals surface area contributed by atoms with Gasteiger partial charge in [0, 0.05) is 28.4 Å². The first-order chi connectivity index (χ1) is 13.9. The zero-order valence-corrected chi connectivity index (χ0v) is 15.9. The van der Waals surface area contributed by atoms with Crippen LogP contribution in [0.4, 0.5) is 11.4 Å². The Kier molecular flexibility index (Phi) is 5.94. The van der Waals surface area contributed by atoms with Gasteiger partial charge in [0.05, 0.1) is 11.5 Å². The average molecular weight is 415 g/mol. The highest BCUT2D eigenvalue weighted by Crippen LogP contribution is 2.31. The lowest BCUT2D eigenvalue weighted by Gasteiger charge is -2.08. The molecular formula is C20H15ClN2O6. The summed E-state index contributed by atoms with van der Waals surface area (Å²) in [6.07, 6.45) is 1.25. The maximum atomic E-state index is 12.8. The molecule has 0 radical (unpaired) electrons. The number of esters is 1. The van der Waals surface area contributed by atoms with E-state index in [1.54, 1.807) is 31.2 Å². The van der Waals surface area contributed by atoms with E-state index in [0.717, 1.165) is 0 Å². The number of para-hydroxylation sites is 1. The molecule has 0 saturated heterocycles. The highest BCUT2D eigenvalue weighted by molar-refractivity contribution is 6.32. The number of nitro benzene ring substituents is 1. The Morgan fingerprint density at radius 3 is 2.66 bits per heavy atom. The van der Waals surface area contributed by atoms with Crippen LogP contribution < -0.4 is 5.32 Å². The summed E-state index contributed by atoms with van der Waals surface area (Å²) in [5, 5.41) is 14.1. The maximum absolute atomic E-state index is 12.8. The fourth-order valence-electron chi connectivity index (χ4n) is 2.55. The number of hydrogen-bond donors (Lipinski definition) is 1. The number of ketones is 1. The van der Waals surface area contributed by atoms with Crippen LogP contribution in [0.3, 0.4) is 0 Å². The molecule has 9 heteroatoms. The Labute approximate surface area is 170 Å². The van der Waals surface area contributed by atoms with Crippen molar-refractivity contribution < 1.29 is 24.0 Å². The van der Waals surface area contributed by atoms with Crippen molar-refractivity contribution in [2.75, 3.05) is 11.9 Å². The molecule has 1 aliphatic heterocycles. The fraction of sp³-hybridized carbons (Fsp3) is 0.100. The van der Waals surface area contributed by atoms with Gasteiger partial charge in [-0.3, -0.25) is 14.9 Å². The van der Waals surface area contributed by atoms with Gasteiger partial charge in [-0.2, -0.15) is 0 Å². The number of hydrogen-bond acceptors (Lipinski definition) is 7. The lowest BCUT2D eigenvalue weighted by molar-refractivity contribution is -0.384. The van der Waals surface area contributed by atoms with E-state index in [2.05, 4.69) is 5.32 Å². The lowest BCUT2D eigenvalue weighted by atomic mass is 10.1. The molecular weight excluding hydrogens is 400 g/mol. The van der Waals surface area contributed by atoms with E-state index in [1.165, 1.54) is 24.3 Å². The van der Waals surface area contributed by atoms with E-state index in [0.29, 0.717) is 5.69 Å². The number of nitrogens with one attached hydrogen (secondary N) is 1. The summed E-state index contributed by atoms with van der Waals surface area (Å²) in [5.74, 6) is -1.87. The van der Waals surface area contributed by atoms with Gasteiger partial charge in [-0.05, 0) is 31.2 Å². The molecule has 3 rings (SSSR count). The number of anilines is 1. The molecule has 29 heavy (non-hydrogen) atoms. The average Bonchev–Trinajstić information content (AvgIpc) is 2.99. The van der Waals surface area contributed by atoms with Crippen molar-refractivity contribution in [3.8, 4) is 0 Å². The molecule has 0 aliphatic carbocycles. The second-order valence-corrected chi connectivity index (χ2v) is 6.23. The topological polar surface area (TPSA) is 108 Å². The number of Topliss-reactive ketones (excluding diaryl/α,β-unsaturated/α-hetero) is 1. The van der Waals surface area contributed by atoms with Gasteiger partial charge in [-0.1, -0.05) is 29.8 Å². The number of carbonyl (C=O) groups is 2. The van der Waals surface area contributed by atoms with Crippen LogP contribution in [-0.4, -0.2) is 23.3 Å². The third-order valence-electron chi connectivity index (χ3n) is 3.88. The molecule has 1 N–H and O–H groups in total. The SMILES string of the molecule is CCOC(=O)C1=C(Nc2ccccc2)O/C(=C\c2cc([N+](=O)[O-])ccc2Cl)C1=O. The van der Waals surface area contributed by atoms with Crippen molar-refractivity contribution in [1.82, 2.24) is 0 Å². The Morgan fingerprint density at radius 1 is 1.28 bits per heavy atom. The van der Waals surface area contributed by atoms with Crippen LogP contribution >= 0.6 is 11.6 Å². The molecule has 0 atom stereocenters. The van der Waals surface area contributed by atoms with Crippen LogP contribution in [0.1, 0.15) is 12.5 Å². The van der Waals surface area contributed by atoms with Gasteiger partial charge in [-0.25, -0.2) is 4.79 Å². The number of benzene rings is 2. The quantitative estimate of drug-likeness (QED) is 0.249. The molecule has 0 unspecified atom stereocenters. The zero-order chi connectivity index (χ0) is 21.0. The predicted molar refractivity (Wildman–Crippen MR) is 106 cm³/mol. The predicted octanol–water partition coefficient (Wildman–Crippen LogP) is 4.08. The van der Waals surface area contributed by atoms with Crippen LogP contribution in [0.5, 0.6) is 0 Å². The van der Waals surface area contributed by atoms with E-state index < -0.39 is 16.7 Å². The summed E-state index contributed by atoms with van der Waals surface area (Å²) in [4.78, 5) is 35.5. The van der Waals surface area contributed by atoms with Gasteiger partial charge in [0.25, 0.3) is 5.69 Å². The normalized spacial score (nSPS) is 14.7. The Hall–Kier alpha value is -3.65. The van der Waals surface area contributed by atoms with E-state index in [-0.39, 0.29) is 40.1 Å². The number of allylic oxidation sites excluding steroid dienone is 1. The van der Waals surface area contributed by atoms with Crippen LogP contribution in [0.2, 0.25) is 5.02 Å². The Morgan fingerprint density at radius 2 is 2.00 bits per heavy atom. The lowest BCUT2D eigenvalue weighted by Crippen LogP contribution is -2.16. The standard InChI is InChI=1S/C20H15ClN2O6/c1-2-28-20(25)17-18(24)16(29-19(17)22-13-6-4-3-5-7-13)11-12-10-14(23(26)27)8-9-15(12)21/h3-11,22H,2H2,1H3/b16-11-. The number of carbonyl (C=O) groups excluding carboxylic acids is 2. The van der Waals surface area contributed by atoms with Crippen molar-refractivity contribution in [1.29, 1.82) is 0 Å². The van der Waals surface area contributed by atoms with Crippen LogP contribution in [-0.2, 0) is 19.1 Å². The van der Waals surface area contributed by atoms with Gasteiger partial charge < -0.3 is 14.8 Å². The highest BCUT2D eigenvalue weighted by atomic mass is 35.5. The molecule has 0 amide bonds. The number of ether oxygens (including phenoxy) is 2. The second-order valence-electron chi connectivity index (χ2n) is 5.82. The monoisotopic (exact) mass is 414 g/mol. The first-order valence-corrected chi connectivity index (χ1v) is 8.90. The largest absolute Gasteiger partial charge is 0.462 e. The molecule has 1 heterocycles. The van der Waals surface area contributed by atoms with E-state index in [1.807, 2.05) is 6.07 Å². The summed E-state index contributed by atoms with van der Waals surface area (Å²) in [5.41, 5.74) is 0.288. The molecule has 0 aromatic heterocycles. The molecule has 2 aromatic carbocycles. The molecule has 1 aliphatic rings. The fourth-order valence-corrected chi connectivity index (χ4v) is 2.73. The molecule has 148 valence electrons. The van der Waals surface area contributed by atoms with Crippen LogP contribution in [0, 0.1) is 10.1 Å². The minimum absolute atomic E-state index is 0.0734. The van der Waals surface area contributed by atoms with Crippen molar-refractivity contribution in [3.63, 3.8) is 0 Å². The number of nitrogens with zero attached hydrogens (tertiary/aromatic N) is 1. The smallest absolute Gasteiger partial charge is 0.347 e. The summed E-state index contributed by atoms with van der Waals surface area (Å²) in [6.45, 7) is 1.69. The number of non-ortho nitro benzene ring substituents is 1. The van der Waals surface area contributed by atoms with Gasteiger partial charge in [0.15, 0.2) is 11.3 Å². The van der Waals surface area contributed by atoms with Gasteiger partial charge in [0.1, 0.15) is 0 Å². The third kappa shape index (κ3) is 4.44. The second kappa shape index (κ2) is 8.57. The molecule has 0 spiro atoms. The molecule has 0 bridgehead atoms.